The molecule has 2 aromatic rings. The number of rotatable bonds is 5. The van der Waals surface area contributed by atoms with Crippen LogP contribution in [0.1, 0.15) is 23.2 Å². The molecule has 116 valence electrons. The van der Waals surface area contributed by atoms with Crippen molar-refractivity contribution in [3.05, 3.63) is 36.2 Å². The highest BCUT2D eigenvalue weighted by molar-refractivity contribution is 5.97. The van der Waals surface area contributed by atoms with Crippen molar-refractivity contribution in [2.24, 2.45) is 0 Å². The summed E-state index contributed by atoms with van der Waals surface area (Å²) in [4.78, 5) is 20.8. The third-order valence-corrected chi connectivity index (χ3v) is 4.07. The summed E-state index contributed by atoms with van der Waals surface area (Å²) in [5, 5.41) is 6.45. The van der Waals surface area contributed by atoms with Crippen LogP contribution >= 0.6 is 0 Å². The lowest BCUT2D eigenvalue weighted by Gasteiger charge is -2.28. The highest BCUT2D eigenvalue weighted by Gasteiger charge is 2.33. The highest BCUT2D eigenvalue weighted by Crippen LogP contribution is 2.19. The molecule has 0 aliphatic carbocycles. The van der Waals surface area contributed by atoms with Crippen molar-refractivity contribution in [3.63, 3.8) is 0 Å². The summed E-state index contributed by atoms with van der Waals surface area (Å²) in [6, 6.07) is 5.36. The van der Waals surface area contributed by atoms with E-state index in [1.807, 2.05) is 6.07 Å². The number of benzene rings is 1. The minimum Gasteiger partial charge on any atom is -0.383 e. The molecule has 0 spiro atoms. The topological polar surface area (TPSA) is 76.1 Å². The highest BCUT2D eigenvalue weighted by atomic mass is 16.5. The molecule has 3 rings (SSSR count). The lowest BCUT2D eigenvalue weighted by atomic mass is 9.98. The molecule has 6 nitrogen and oxygen atoms in total. The molecule has 22 heavy (non-hydrogen) atoms. The van der Waals surface area contributed by atoms with Crippen molar-refractivity contribution >= 4 is 16.9 Å². The Bertz CT molecular complexity index is 668. The van der Waals surface area contributed by atoms with Gasteiger partial charge in [-0.25, -0.2) is 0 Å². The fourth-order valence-corrected chi connectivity index (χ4v) is 2.93. The van der Waals surface area contributed by atoms with Gasteiger partial charge in [-0.3, -0.25) is 14.8 Å². The first-order chi connectivity index (χ1) is 10.7. The predicted octanol–water partition coefficient (Wildman–Crippen LogP) is 1.13. The quantitative estimate of drug-likeness (QED) is 0.865. The summed E-state index contributed by atoms with van der Waals surface area (Å²) in [5.74, 6) is -0.100. The fraction of sp³-hybridized carbons (Fsp3) is 0.438. The van der Waals surface area contributed by atoms with Crippen LogP contribution in [0.3, 0.4) is 0 Å². The minimum atomic E-state index is -0.152. The monoisotopic (exact) mass is 300 g/mol. The summed E-state index contributed by atoms with van der Waals surface area (Å²) in [6.45, 7) is 2.11. The Morgan fingerprint density at radius 3 is 2.91 bits per heavy atom. The molecule has 1 saturated heterocycles. The van der Waals surface area contributed by atoms with Gasteiger partial charge in [0.25, 0.3) is 5.91 Å². The van der Waals surface area contributed by atoms with Gasteiger partial charge in [0.1, 0.15) is 0 Å². The second kappa shape index (κ2) is 6.37. The maximum atomic E-state index is 12.4. The van der Waals surface area contributed by atoms with Gasteiger partial charge in [0, 0.05) is 31.6 Å². The number of nitrogens with zero attached hydrogens (tertiary/aromatic N) is 2. The van der Waals surface area contributed by atoms with E-state index < -0.39 is 0 Å². The number of nitrogens with one attached hydrogen (secondary N) is 2. The van der Waals surface area contributed by atoms with E-state index in [4.69, 9.17) is 4.74 Å². The molecule has 2 N–H and O–H groups in total. The predicted molar refractivity (Wildman–Crippen MR) is 83.7 cm³/mol. The largest absolute Gasteiger partial charge is 0.383 e. The number of fused-ring (bicyclic) bond motifs is 1. The van der Waals surface area contributed by atoms with Gasteiger partial charge in [-0.2, -0.15) is 0 Å². The van der Waals surface area contributed by atoms with E-state index >= 15 is 0 Å². The first-order valence-corrected chi connectivity index (χ1v) is 7.45. The normalized spacial score (nSPS) is 21.1. The van der Waals surface area contributed by atoms with Crippen molar-refractivity contribution < 1.29 is 9.53 Å². The molecule has 1 atom stereocenters. The van der Waals surface area contributed by atoms with Gasteiger partial charge in [0.2, 0.25) is 0 Å². The zero-order valence-corrected chi connectivity index (χ0v) is 12.6. The minimum absolute atomic E-state index is 0.100. The average molecular weight is 300 g/mol. The number of aromatic nitrogens is 2. The zero-order valence-electron chi connectivity index (χ0n) is 12.6. The van der Waals surface area contributed by atoms with E-state index in [2.05, 4.69) is 20.6 Å². The SMILES string of the molecule is COCC1(CNC(=O)c2ccc3nccnc3c2)CCCN1. The summed E-state index contributed by atoms with van der Waals surface area (Å²) in [6.07, 6.45) is 5.37. The van der Waals surface area contributed by atoms with Crippen LogP contribution < -0.4 is 10.6 Å². The molecule has 0 radical (unpaired) electrons. The Morgan fingerprint density at radius 1 is 1.36 bits per heavy atom. The summed E-state index contributed by atoms with van der Waals surface area (Å²) < 4.78 is 5.29. The third-order valence-electron chi connectivity index (χ3n) is 4.07. The number of methoxy groups -OCH3 is 1. The number of hydrogen-bond donors (Lipinski definition) is 2. The second-order valence-corrected chi connectivity index (χ2v) is 5.69. The fourth-order valence-electron chi connectivity index (χ4n) is 2.93. The summed E-state index contributed by atoms with van der Waals surface area (Å²) >= 11 is 0. The molecule has 2 heterocycles. The van der Waals surface area contributed by atoms with Crippen LogP contribution in [0, 0.1) is 0 Å². The summed E-state index contributed by atoms with van der Waals surface area (Å²) in [5.41, 5.74) is 1.95. The molecule has 0 bridgehead atoms. The molecule has 0 saturated carbocycles. The van der Waals surface area contributed by atoms with Gasteiger partial charge in [0.05, 0.1) is 23.2 Å². The van der Waals surface area contributed by atoms with E-state index in [0.717, 1.165) is 30.4 Å². The van der Waals surface area contributed by atoms with Crippen molar-refractivity contribution in [2.75, 3.05) is 26.8 Å². The van der Waals surface area contributed by atoms with Gasteiger partial charge < -0.3 is 15.4 Å². The van der Waals surface area contributed by atoms with Crippen LogP contribution in [-0.2, 0) is 4.74 Å². The molecular weight excluding hydrogens is 280 g/mol. The Morgan fingerprint density at radius 2 is 2.18 bits per heavy atom. The molecular formula is C16H20N4O2. The van der Waals surface area contributed by atoms with Gasteiger partial charge >= 0.3 is 0 Å². The van der Waals surface area contributed by atoms with E-state index in [1.54, 1.807) is 31.6 Å². The van der Waals surface area contributed by atoms with Crippen molar-refractivity contribution in [3.8, 4) is 0 Å². The molecule has 6 heteroatoms. The Hall–Kier alpha value is -2.05. The van der Waals surface area contributed by atoms with Gasteiger partial charge in [-0.05, 0) is 37.6 Å². The standard InChI is InChI=1S/C16H20N4O2/c1-22-11-16(5-2-6-20-16)10-19-15(21)12-3-4-13-14(9-12)18-8-7-17-13/h3-4,7-9,20H,2,5-6,10-11H2,1H3,(H,19,21). The van der Waals surface area contributed by atoms with Crippen molar-refractivity contribution in [1.29, 1.82) is 0 Å². The second-order valence-electron chi connectivity index (χ2n) is 5.69. The van der Waals surface area contributed by atoms with Gasteiger partial charge in [-0.1, -0.05) is 0 Å². The molecule has 1 aliphatic rings. The molecule has 1 unspecified atom stereocenters. The Kier molecular flexibility index (Phi) is 4.31. The molecule has 1 amide bonds. The lowest BCUT2D eigenvalue weighted by Crippen LogP contribution is -2.53. The van der Waals surface area contributed by atoms with Crippen molar-refractivity contribution in [1.82, 2.24) is 20.6 Å². The Balaban J connectivity index is 1.70. The number of carbonyl (C=O) groups is 1. The van der Waals surface area contributed by atoms with E-state index in [9.17, 15) is 4.79 Å². The smallest absolute Gasteiger partial charge is 0.251 e. The molecule has 1 aliphatic heterocycles. The van der Waals surface area contributed by atoms with Crippen LogP contribution in [0.25, 0.3) is 11.0 Å². The van der Waals surface area contributed by atoms with E-state index in [0.29, 0.717) is 18.7 Å². The first-order valence-electron chi connectivity index (χ1n) is 7.45. The van der Waals surface area contributed by atoms with Gasteiger partial charge in [-0.15, -0.1) is 0 Å². The van der Waals surface area contributed by atoms with Crippen LogP contribution in [-0.4, -0.2) is 48.2 Å². The van der Waals surface area contributed by atoms with E-state index in [1.165, 1.54) is 0 Å². The van der Waals surface area contributed by atoms with Crippen LogP contribution in [0.15, 0.2) is 30.6 Å². The maximum Gasteiger partial charge on any atom is 0.251 e. The average Bonchev–Trinajstić information content (AvgIpc) is 3.01. The Labute approximate surface area is 129 Å². The number of hydrogen-bond acceptors (Lipinski definition) is 5. The van der Waals surface area contributed by atoms with Crippen LogP contribution in [0.2, 0.25) is 0 Å². The summed E-state index contributed by atoms with van der Waals surface area (Å²) in [7, 11) is 1.69. The molecule has 1 aromatic heterocycles. The maximum absolute atomic E-state index is 12.4. The van der Waals surface area contributed by atoms with Crippen LogP contribution in [0.5, 0.6) is 0 Å². The molecule has 1 aromatic carbocycles. The number of amides is 1. The van der Waals surface area contributed by atoms with E-state index in [-0.39, 0.29) is 11.4 Å². The number of carbonyl (C=O) groups excluding carboxylic acids is 1. The van der Waals surface area contributed by atoms with Crippen molar-refractivity contribution in [2.45, 2.75) is 18.4 Å². The molecule has 1 fully saturated rings. The van der Waals surface area contributed by atoms with Gasteiger partial charge in [0.15, 0.2) is 0 Å². The first kappa shape index (κ1) is 14.9. The third kappa shape index (κ3) is 3.08. The van der Waals surface area contributed by atoms with Crippen LogP contribution in [0.4, 0.5) is 0 Å². The zero-order chi connectivity index (χ0) is 15.4. The lowest BCUT2D eigenvalue weighted by molar-refractivity contribution is 0.0892. The number of ether oxygens (including phenoxy) is 1.